The number of hydrogen-bond acceptors (Lipinski definition) is 1. The second kappa shape index (κ2) is 9.20. The van der Waals surface area contributed by atoms with E-state index in [-0.39, 0.29) is 0 Å². The first-order valence-corrected chi connectivity index (χ1v) is 15.9. The Bertz CT molecular complexity index is 285. The fraction of sp³-hybridized carbons (Fsp3) is 0.824. The van der Waals surface area contributed by atoms with Gasteiger partial charge in [-0.25, -0.2) is 0 Å². The SMILES string of the molecule is CCC[CH2][Sn]([CH2]CCC)([CH2]CCC)[C]1=CCCC1=O. The Morgan fingerprint density at radius 1 is 0.947 bits per heavy atom. The molecule has 0 aromatic heterocycles. The first-order chi connectivity index (χ1) is 9.20. The molecule has 0 N–H and O–H groups in total. The van der Waals surface area contributed by atoms with Crippen molar-refractivity contribution in [2.45, 2.75) is 85.4 Å². The van der Waals surface area contributed by atoms with Crippen LogP contribution in [-0.4, -0.2) is 24.2 Å². The Balaban J connectivity index is 2.90. The van der Waals surface area contributed by atoms with Gasteiger partial charge in [-0.1, -0.05) is 0 Å². The average Bonchev–Trinajstić information content (AvgIpc) is 2.85. The van der Waals surface area contributed by atoms with Crippen LogP contribution in [0.15, 0.2) is 9.67 Å². The predicted molar refractivity (Wildman–Crippen MR) is 87.2 cm³/mol. The molecule has 0 heterocycles. The van der Waals surface area contributed by atoms with Crippen LogP contribution in [0.25, 0.3) is 0 Å². The number of carbonyl (C=O) groups is 1. The first kappa shape index (κ1) is 17.3. The summed E-state index contributed by atoms with van der Waals surface area (Å²) in [7, 11) is 0. The van der Waals surface area contributed by atoms with Crippen LogP contribution in [0, 0.1) is 0 Å². The summed E-state index contributed by atoms with van der Waals surface area (Å²) >= 11 is -2.34. The van der Waals surface area contributed by atoms with Crippen LogP contribution in [0.1, 0.15) is 72.1 Å². The summed E-state index contributed by atoms with van der Waals surface area (Å²) < 4.78 is 5.72. The van der Waals surface area contributed by atoms with Crippen molar-refractivity contribution in [3.05, 3.63) is 9.67 Å². The molecule has 19 heavy (non-hydrogen) atoms. The van der Waals surface area contributed by atoms with Crippen molar-refractivity contribution in [2.75, 3.05) is 0 Å². The van der Waals surface area contributed by atoms with Crippen molar-refractivity contribution < 1.29 is 4.79 Å². The van der Waals surface area contributed by atoms with Crippen LogP contribution in [0.5, 0.6) is 0 Å². The van der Waals surface area contributed by atoms with Gasteiger partial charge in [-0.15, -0.1) is 0 Å². The number of hydrogen-bond donors (Lipinski definition) is 0. The van der Waals surface area contributed by atoms with Gasteiger partial charge < -0.3 is 0 Å². The van der Waals surface area contributed by atoms with Crippen LogP contribution in [-0.2, 0) is 4.79 Å². The second-order valence-corrected chi connectivity index (χ2v) is 19.3. The molecule has 1 nitrogen and oxygen atoms in total. The summed E-state index contributed by atoms with van der Waals surface area (Å²) in [6.07, 6.45) is 12.2. The third kappa shape index (κ3) is 4.91. The minimum atomic E-state index is -2.34. The molecular formula is C17H32OSn. The molecule has 0 aromatic rings. The first-order valence-electron chi connectivity index (χ1n) is 8.44. The van der Waals surface area contributed by atoms with Gasteiger partial charge in [-0.3, -0.25) is 0 Å². The van der Waals surface area contributed by atoms with Gasteiger partial charge in [0.05, 0.1) is 0 Å². The molecule has 1 aliphatic carbocycles. The molecule has 0 aromatic carbocycles. The van der Waals surface area contributed by atoms with Crippen LogP contribution in [0.2, 0.25) is 13.3 Å². The number of carbonyl (C=O) groups excluding carboxylic acids is 1. The standard InChI is InChI=1S/C5H5O.3C4H9.Sn/c6-5-3-1-2-4-5;3*1-3-4-2;/h1H,2,4H2;3*1,3-4H2,2H3;. The quantitative estimate of drug-likeness (QED) is 0.453. The normalized spacial score (nSPS) is 15.9. The Labute approximate surface area is 124 Å². The summed E-state index contributed by atoms with van der Waals surface area (Å²) in [5.74, 6) is 0.541. The number of allylic oxidation sites excluding steroid dienone is 2. The van der Waals surface area contributed by atoms with Crippen LogP contribution in [0.3, 0.4) is 0 Å². The van der Waals surface area contributed by atoms with Crippen molar-refractivity contribution in [1.82, 2.24) is 0 Å². The molecule has 0 bridgehead atoms. The van der Waals surface area contributed by atoms with Crippen molar-refractivity contribution in [3.63, 3.8) is 0 Å². The van der Waals surface area contributed by atoms with Crippen molar-refractivity contribution in [1.29, 1.82) is 0 Å². The zero-order valence-corrected chi connectivity index (χ0v) is 16.1. The topological polar surface area (TPSA) is 17.1 Å². The maximum absolute atomic E-state index is 12.3. The second-order valence-electron chi connectivity index (χ2n) is 6.17. The van der Waals surface area contributed by atoms with Gasteiger partial charge in [0.15, 0.2) is 0 Å². The van der Waals surface area contributed by atoms with E-state index in [1.165, 1.54) is 55.4 Å². The number of rotatable bonds is 10. The fourth-order valence-electron chi connectivity index (χ4n) is 3.43. The Kier molecular flexibility index (Phi) is 8.36. The van der Waals surface area contributed by atoms with E-state index in [9.17, 15) is 4.79 Å². The van der Waals surface area contributed by atoms with E-state index in [0.29, 0.717) is 5.78 Å². The molecule has 110 valence electrons. The zero-order valence-electron chi connectivity index (χ0n) is 13.3. The van der Waals surface area contributed by atoms with Crippen LogP contribution < -0.4 is 0 Å². The number of Topliss-reactive ketones (excluding diaryl/α,β-unsaturated/α-hetero) is 1. The van der Waals surface area contributed by atoms with E-state index in [2.05, 4.69) is 26.8 Å². The molecule has 1 rings (SSSR count). The monoisotopic (exact) mass is 372 g/mol. The predicted octanol–water partition coefficient (Wildman–Crippen LogP) is 5.66. The molecule has 1 aliphatic rings. The molecular weight excluding hydrogens is 339 g/mol. The molecule has 0 amide bonds. The number of ketones is 1. The minimum absolute atomic E-state index is 0.541. The van der Waals surface area contributed by atoms with E-state index >= 15 is 0 Å². The molecule has 0 saturated heterocycles. The van der Waals surface area contributed by atoms with Gasteiger partial charge in [-0.05, 0) is 0 Å². The fourth-order valence-corrected chi connectivity index (χ4v) is 20.4. The van der Waals surface area contributed by atoms with Gasteiger partial charge in [0, 0.05) is 0 Å². The Hall–Kier alpha value is 0.209. The summed E-state index contributed by atoms with van der Waals surface area (Å²) in [6, 6.07) is 0. The molecule has 0 saturated carbocycles. The van der Waals surface area contributed by atoms with Crippen LogP contribution >= 0.6 is 0 Å². The third-order valence-corrected chi connectivity index (χ3v) is 20.5. The summed E-state index contributed by atoms with van der Waals surface area (Å²) in [5, 5.41) is 0. The molecule has 0 unspecified atom stereocenters. The van der Waals surface area contributed by atoms with Gasteiger partial charge in [0.2, 0.25) is 0 Å². The van der Waals surface area contributed by atoms with Gasteiger partial charge in [0.25, 0.3) is 0 Å². The Morgan fingerprint density at radius 3 is 1.74 bits per heavy atom. The maximum atomic E-state index is 12.3. The van der Waals surface area contributed by atoms with Crippen LogP contribution in [0.4, 0.5) is 0 Å². The molecule has 0 fully saturated rings. The zero-order chi connectivity index (χ0) is 14.1. The van der Waals surface area contributed by atoms with E-state index < -0.39 is 18.4 Å². The van der Waals surface area contributed by atoms with E-state index in [4.69, 9.17) is 0 Å². The van der Waals surface area contributed by atoms with E-state index in [0.717, 1.165) is 12.8 Å². The average molecular weight is 371 g/mol. The molecule has 0 spiro atoms. The molecule has 0 aliphatic heterocycles. The van der Waals surface area contributed by atoms with E-state index in [1.807, 2.05) is 0 Å². The van der Waals surface area contributed by atoms with E-state index in [1.54, 1.807) is 0 Å². The summed E-state index contributed by atoms with van der Waals surface area (Å²) in [5.41, 5.74) is 0. The van der Waals surface area contributed by atoms with Gasteiger partial charge >= 0.3 is 124 Å². The molecule has 2 heteroatoms. The van der Waals surface area contributed by atoms with Gasteiger partial charge in [-0.2, -0.15) is 0 Å². The molecule has 0 atom stereocenters. The van der Waals surface area contributed by atoms with Crippen molar-refractivity contribution >= 4 is 24.2 Å². The summed E-state index contributed by atoms with van der Waals surface area (Å²) in [6.45, 7) is 6.88. The van der Waals surface area contributed by atoms with Gasteiger partial charge in [0.1, 0.15) is 0 Å². The Morgan fingerprint density at radius 2 is 1.42 bits per heavy atom. The van der Waals surface area contributed by atoms with Crippen molar-refractivity contribution in [3.8, 4) is 0 Å². The van der Waals surface area contributed by atoms with Crippen molar-refractivity contribution in [2.24, 2.45) is 0 Å². The third-order valence-electron chi connectivity index (χ3n) is 4.62. The summed E-state index contributed by atoms with van der Waals surface area (Å²) in [4.78, 5) is 12.3. The molecule has 0 radical (unpaired) electrons. The number of unbranched alkanes of at least 4 members (excludes halogenated alkanes) is 3.